The van der Waals surface area contributed by atoms with Crippen molar-refractivity contribution >= 4 is 17.4 Å². The molecule has 0 bridgehead atoms. The standard InChI is InChI=1S/C16H13ClO2/c1-10-5-4-8-14-16(10)13(18)9-15(19-14)11-6-2-3-7-12(11)17/h2-8,15H,9H2,1H3/t15-/m1/s1. The topological polar surface area (TPSA) is 26.3 Å². The van der Waals surface area contributed by atoms with Crippen LogP contribution in [0.2, 0.25) is 5.02 Å². The van der Waals surface area contributed by atoms with Gasteiger partial charge in [-0.1, -0.05) is 41.9 Å². The molecule has 1 heterocycles. The zero-order chi connectivity index (χ0) is 13.4. The van der Waals surface area contributed by atoms with Crippen LogP contribution in [0.3, 0.4) is 0 Å². The minimum Gasteiger partial charge on any atom is -0.484 e. The molecule has 0 unspecified atom stereocenters. The fourth-order valence-electron chi connectivity index (χ4n) is 2.47. The Balaban J connectivity index is 2.03. The zero-order valence-electron chi connectivity index (χ0n) is 10.5. The molecule has 19 heavy (non-hydrogen) atoms. The Hall–Kier alpha value is -1.80. The number of halogens is 1. The van der Waals surface area contributed by atoms with E-state index in [0.717, 1.165) is 11.1 Å². The first kappa shape index (κ1) is 12.2. The van der Waals surface area contributed by atoms with Crippen molar-refractivity contribution in [1.82, 2.24) is 0 Å². The third-order valence-corrected chi connectivity index (χ3v) is 3.75. The van der Waals surface area contributed by atoms with Gasteiger partial charge in [0.05, 0.1) is 12.0 Å². The number of hydrogen-bond donors (Lipinski definition) is 0. The molecule has 1 aliphatic heterocycles. The van der Waals surface area contributed by atoms with E-state index in [-0.39, 0.29) is 11.9 Å². The highest BCUT2D eigenvalue weighted by Gasteiger charge is 2.29. The van der Waals surface area contributed by atoms with Gasteiger partial charge in [0.25, 0.3) is 0 Å². The second kappa shape index (κ2) is 4.71. The van der Waals surface area contributed by atoms with Gasteiger partial charge in [-0.05, 0) is 24.6 Å². The van der Waals surface area contributed by atoms with E-state index in [1.165, 1.54) is 0 Å². The molecule has 2 aromatic rings. The Bertz CT molecular complexity index is 649. The second-order valence-electron chi connectivity index (χ2n) is 4.70. The molecule has 0 saturated carbocycles. The largest absolute Gasteiger partial charge is 0.484 e. The maximum absolute atomic E-state index is 12.3. The van der Waals surface area contributed by atoms with E-state index in [2.05, 4.69) is 0 Å². The number of ether oxygens (including phenoxy) is 1. The van der Waals surface area contributed by atoms with Crippen LogP contribution in [0.4, 0.5) is 0 Å². The highest BCUT2D eigenvalue weighted by Crippen LogP contribution is 2.38. The van der Waals surface area contributed by atoms with Crippen LogP contribution in [0.5, 0.6) is 5.75 Å². The van der Waals surface area contributed by atoms with E-state index in [1.54, 1.807) is 0 Å². The molecule has 0 fully saturated rings. The minimum atomic E-state index is -0.296. The molecule has 1 atom stereocenters. The number of aryl methyl sites for hydroxylation is 1. The number of ketones is 1. The lowest BCUT2D eigenvalue weighted by Gasteiger charge is -2.27. The fraction of sp³-hybridized carbons (Fsp3) is 0.188. The molecule has 0 spiro atoms. The van der Waals surface area contributed by atoms with Gasteiger partial charge in [-0.15, -0.1) is 0 Å². The number of Topliss-reactive ketones (excluding diaryl/α,β-unsaturated/α-hetero) is 1. The van der Waals surface area contributed by atoms with Gasteiger partial charge in [0, 0.05) is 10.6 Å². The molecule has 3 heteroatoms. The molecule has 1 aliphatic rings. The quantitative estimate of drug-likeness (QED) is 0.771. The molecule has 0 aromatic heterocycles. The van der Waals surface area contributed by atoms with Crippen LogP contribution in [0.1, 0.15) is 34.0 Å². The third-order valence-electron chi connectivity index (χ3n) is 3.41. The van der Waals surface area contributed by atoms with Gasteiger partial charge in [-0.2, -0.15) is 0 Å². The number of benzene rings is 2. The Kier molecular flexibility index (Phi) is 3.03. The average Bonchev–Trinajstić information content (AvgIpc) is 2.39. The predicted octanol–water partition coefficient (Wildman–Crippen LogP) is 4.35. The van der Waals surface area contributed by atoms with E-state index >= 15 is 0 Å². The van der Waals surface area contributed by atoms with Crippen molar-refractivity contribution in [3.05, 3.63) is 64.2 Å². The van der Waals surface area contributed by atoms with Crippen LogP contribution in [-0.2, 0) is 0 Å². The van der Waals surface area contributed by atoms with Gasteiger partial charge in [0.2, 0.25) is 0 Å². The third kappa shape index (κ3) is 2.13. The predicted molar refractivity (Wildman–Crippen MR) is 74.9 cm³/mol. The average molecular weight is 273 g/mol. The second-order valence-corrected chi connectivity index (χ2v) is 5.11. The maximum Gasteiger partial charge on any atom is 0.170 e. The van der Waals surface area contributed by atoms with E-state index in [1.807, 2.05) is 49.4 Å². The Morgan fingerprint density at radius 1 is 1.16 bits per heavy atom. The summed E-state index contributed by atoms with van der Waals surface area (Å²) in [6.07, 6.45) is 0.0391. The first-order valence-electron chi connectivity index (χ1n) is 6.20. The van der Waals surface area contributed by atoms with Crippen molar-refractivity contribution < 1.29 is 9.53 Å². The molecular weight excluding hydrogens is 260 g/mol. The SMILES string of the molecule is Cc1cccc2c1C(=O)C[C@H](c1ccccc1Cl)O2. The Morgan fingerprint density at radius 2 is 1.95 bits per heavy atom. The van der Waals surface area contributed by atoms with Crippen molar-refractivity contribution in [3.63, 3.8) is 0 Å². The fourth-order valence-corrected chi connectivity index (χ4v) is 2.73. The van der Waals surface area contributed by atoms with Crippen LogP contribution in [0.15, 0.2) is 42.5 Å². The number of fused-ring (bicyclic) bond motifs is 1. The van der Waals surface area contributed by atoms with Crippen LogP contribution >= 0.6 is 11.6 Å². The molecule has 2 nitrogen and oxygen atoms in total. The Morgan fingerprint density at radius 3 is 2.74 bits per heavy atom. The van der Waals surface area contributed by atoms with E-state index in [0.29, 0.717) is 22.8 Å². The van der Waals surface area contributed by atoms with Crippen LogP contribution in [0, 0.1) is 6.92 Å². The summed E-state index contributed by atoms with van der Waals surface area (Å²) in [6, 6.07) is 13.2. The number of hydrogen-bond acceptors (Lipinski definition) is 2. The van der Waals surface area contributed by atoms with Gasteiger partial charge in [0.15, 0.2) is 5.78 Å². The minimum absolute atomic E-state index is 0.115. The van der Waals surface area contributed by atoms with Gasteiger partial charge < -0.3 is 4.74 Å². The first-order valence-corrected chi connectivity index (χ1v) is 6.58. The lowest BCUT2D eigenvalue weighted by Crippen LogP contribution is -2.21. The van der Waals surface area contributed by atoms with Gasteiger partial charge >= 0.3 is 0 Å². The first-order chi connectivity index (χ1) is 9.16. The lowest BCUT2D eigenvalue weighted by molar-refractivity contribution is 0.0849. The molecule has 0 aliphatic carbocycles. The normalized spacial score (nSPS) is 17.8. The van der Waals surface area contributed by atoms with Crippen LogP contribution in [-0.4, -0.2) is 5.78 Å². The van der Waals surface area contributed by atoms with Gasteiger partial charge in [0.1, 0.15) is 11.9 Å². The summed E-state index contributed by atoms with van der Waals surface area (Å²) < 4.78 is 5.94. The molecule has 96 valence electrons. The van der Waals surface area contributed by atoms with Crippen molar-refractivity contribution in [2.75, 3.05) is 0 Å². The summed E-state index contributed by atoms with van der Waals surface area (Å²) >= 11 is 6.17. The summed E-state index contributed by atoms with van der Waals surface area (Å²) in [4.78, 5) is 12.3. The maximum atomic E-state index is 12.3. The molecule has 0 amide bonds. The van der Waals surface area contributed by atoms with E-state index in [4.69, 9.17) is 16.3 Å². The van der Waals surface area contributed by atoms with E-state index in [9.17, 15) is 4.79 Å². The molecule has 2 aromatic carbocycles. The molecule has 3 rings (SSSR count). The number of carbonyl (C=O) groups is 1. The van der Waals surface area contributed by atoms with Gasteiger partial charge in [-0.25, -0.2) is 0 Å². The Labute approximate surface area is 117 Å². The lowest BCUT2D eigenvalue weighted by atomic mass is 9.93. The molecule has 0 saturated heterocycles. The molecule has 0 radical (unpaired) electrons. The van der Waals surface area contributed by atoms with Crippen molar-refractivity contribution in [2.45, 2.75) is 19.4 Å². The molecule has 0 N–H and O–H groups in total. The van der Waals surface area contributed by atoms with E-state index < -0.39 is 0 Å². The summed E-state index contributed by atoms with van der Waals surface area (Å²) in [5.74, 6) is 0.769. The van der Waals surface area contributed by atoms with Crippen molar-refractivity contribution in [1.29, 1.82) is 0 Å². The molecular formula is C16H13ClO2. The summed E-state index contributed by atoms with van der Waals surface area (Å²) in [5.41, 5.74) is 2.52. The smallest absolute Gasteiger partial charge is 0.170 e. The van der Waals surface area contributed by atoms with Crippen molar-refractivity contribution in [3.8, 4) is 5.75 Å². The summed E-state index contributed by atoms with van der Waals surface area (Å²) in [6.45, 7) is 1.93. The highest BCUT2D eigenvalue weighted by atomic mass is 35.5. The highest BCUT2D eigenvalue weighted by molar-refractivity contribution is 6.31. The summed E-state index contributed by atoms with van der Waals surface area (Å²) in [7, 11) is 0. The number of carbonyl (C=O) groups excluding carboxylic acids is 1. The van der Waals surface area contributed by atoms with Crippen molar-refractivity contribution in [2.24, 2.45) is 0 Å². The monoisotopic (exact) mass is 272 g/mol. The summed E-state index contributed by atoms with van der Waals surface area (Å²) in [5, 5.41) is 0.636. The number of rotatable bonds is 1. The van der Waals surface area contributed by atoms with Crippen LogP contribution < -0.4 is 4.74 Å². The zero-order valence-corrected chi connectivity index (χ0v) is 11.3. The van der Waals surface area contributed by atoms with Crippen LogP contribution in [0.25, 0.3) is 0 Å². The van der Waals surface area contributed by atoms with Gasteiger partial charge in [-0.3, -0.25) is 4.79 Å².